The van der Waals surface area contributed by atoms with Crippen molar-refractivity contribution in [1.82, 2.24) is 4.98 Å². The van der Waals surface area contributed by atoms with Crippen molar-refractivity contribution in [1.29, 1.82) is 0 Å². The van der Waals surface area contributed by atoms with E-state index in [2.05, 4.69) is 4.98 Å². The highest BCUT2D eigenvalue weighted by molar-refractivity contribution is 6.04. The molecule has 0 unspecified atom stereocenters. The Balaban J connectivity index is 1.87. The van der Waals surface area contributed by atoms with Crippen LogP contribution in [0, 0.1) is 0 Å². The van der Waals surface area contributed by atoms with E-state index in [0.29, 0.717) is 11.5 Å². The predicted octanol–water partition coefficient (Wildman–Crippen LogP) is 4.83. The van der Waals surface area contributed by atoms with Crippen molar-refractivity contribution < 1.29 is 13.6 Å². The van der Waals surface area contributed by atoms with E-state index in [9.17, 15) is 4.79 Å². The summed E-state index contributed by atoms with van der Waals surface area (Å²) in [6, 6.07) is 22.5. The first-order valence-electron chi connectivity index (χ1n) is 7.53. The lowest BCUT2D eigenvalue weighted by atomic mass is 10.1. The van der Waals surface area contributed by atoms with Crippen LogP contribution in [0.4, 0.5) is 0 Å². The zero-order valence-electron chi connectivity index (χ0n) is 12.7. The van der Waals surface area contributed by atoms with E-state index in [0.717, 1.165) is 11.1 Å². The van der Waals surface area contributed by atoms with Gasteiger partial charge in [-0.2, -0.15) is 0 Å². The van der Waals surface area contributed by atoms with Gasteiger partial charge in [0.15, 0.2) is 11.5 Å². The lowest BCUT2D eigenvalue weighted by Crippen LogP contribution is -1.99. The maximum atomic E-state index is 12.5. The summed E-state index contributed by atoms with van der Waals surface area (Å²) in [7, 11) is 0. The van der Waals surface area contributed by atoms with E-state index in [4.69, 9.17) is 8.83 Å². The molecule has 0 saturated carbocycles. The summed E-state index contributed by atoms with van der Waals surface area (Å²) in [4.78, 5) is 16.9. The van der Waals surface area contributed by atoms with Gasteiger partial charge in [-0.1, -0.05) is 60.7 Å². The van der Waals surface area contributed by atoms with Crippen molar-refractivity contribution in [2.45, 2.75) is 0 Å². The Hall–Kier alpha value is -3.40. The molecule has 0 amide bonds. The van der Waals surface area contributed by atoms with Crippen LogP contribution < -0.4 is 0 Å². The van der Waals surface area contributed by atoms with Crippen molar-refractivity contribution in [2.75, 3.05) is 0 Å². The highest BCUT2D eigenvalue weighted by atomic mass is 16.4. The van der Waals surface area contributed by atoms with E-state index in [1.165, 1.54) is 6.26 Å². The first kappa shape index (κ1) is 14.2. The van der Waals surface area contributed by atoms with Crippen molar-refractivity contribution in [3.05, 3.63) is 90.7 Å². The Morgan fingerprint density at radius 2 is 1.46 bits per heavy atom. The van der Waals surface area contributed by atoms with Crippen LogP contribution >= 0.6 is 0 Å². The van der Waals surface area contributed by atoms with Gasteiger partial charge in [-0.15, -0.1) is 0 Å². The number of rotatable bonds is 4. The standard InChI is InChI=1S/C20H13NO3/c22-18(16-12-7-13-23-16)20-21-17(14-8-3-1-4-9-14)19(24-20)15-10-5-2-6-11-15/h1-13H. The number of carbonyl (C=O) groups excluding carboxylic acids is 1. The van der Waals surface area contributed by atoms with Crippen molar-refractivity contribution in [3.63, 3.8) is 0 Å². The molecule has 2 aromatic heterocycles. The Labute approximate surface area is 138 Å². The molecular weight excluding hydrogens is 302 g/mol. The maximum Gasteiger partial charge on any atom is 0.283 e. The average molecular weight is 315 g/mol. The van der Waals surface area contributed by atoms with Crippen molar-refractivity contribution in [2.24, 2.45) is 0 Å². The molecule has 4 rings (SSSR count). The van der Waals surface area contributed by atoms with E-state index in [1.807, 2.05) is 60.7 Å². The molecule has 2 aromatic carbocycles. The topological polar surface area (TPSA) is 56.2 Å². The van der Waals surface area contributed by atoms with Crippen LogP contribution in [0.1, 0.15) is 16.4 Å². The van der Waals surface area contributed by atoms with E-state index < -0.39 is 0 Å². The lowest BCUT2D eigenvalue weighted by molar-refractivity contribution is 0.0977. The van der Waals surface area contributed by atoms with Crippen LogP contribution in [0.25, 0.3) is 22.6 Å². The van der Waals surface area contributed by atoms with Gasteiger partial charge in [0.05, 0.1) is 6.26 Å². The molecule has 24 heavy (non-hydrogen) atoms. The minimum atomic E-state index is -0.376. The molecule has 116 valence electrons. The summed E-state index contributed by atoms with van der Waals surface area (Å²) >= 11 is 0. The average Bonchev–Trinajstić information content (AvgIpc) is 3.33. The molecule has 0 aliphatic carbocycles. The Bertz CT molecular complexity index is 898. The first-order valence-corrected chi connectivity index (χ1v) is 7.53. The molecule has 0 fully saturated rings. The van der Waals surface area contributed by atoms with E-state index in [-0.39, 0.29) is 17.4 Å². The van der Waals surface area contributed by atoms with Gasteiger partial charge in [-0.05, 0) is 12.1 Å². The molecule has 0 bridgehead atoms. The number of aromatic nitrogens is 1. The second kappa shape index (κ2) is 6.01. The fraction of sp³-hybridized carbons (Fsp3) is 0. The highest BCUT2D eigenvalue weighted by Gasteiger charge is 2.23. The number of oxazole rings is 1. The molecule has 0 atom stereocenters. The van der Waals surface area contributed by atoms with E-state index in [1.54, 1.807) is 12.1 Å². The maximum absolute atomic E-state index is 12.5. The largest absolute Gasteiger partial charge is 0.461 e. The quantitative estimate of drug-likeness (QED) is 0.506. The fourth-order valence-corrected chi connectivity index (χ4v) is 2.51. The molecule has 4 aromatic rings. The third-order valence-corrected chi connectivity index (χ3v) is 3.65. The van der Waals surface area contributed by atoms with Crippen LogP contribution in [-0.2, 0) is 0 Å². The molecule has 0 spiro atoms. The summed E-state index contributed by atoms with van der Waals surface area (Å²) in [5.74, 6) is 0.411. The molecule has 0 aliphatic rings. The second-order valence-corrected chi connectivity index (χ2v) is 5.24. The van der Waals surface area contributed by atoms with Gasteiger partial charge in [0.25, 0.3) is 11.7 Å². The fourth-order valence-electron chi connectivity index (χ4n) is 2.51. The monoisotopic (exact) mass is 315 g/mol. The molecule has 0 N–H and O–H groups in total. The summed E-state index contributed by atoms with van der Waals surface area (Å²) in [5, 5.41) is 0. The first-order chi connectivity index (χ1) is 11.8. The Kier molecular flexibility index (Phi) is 3.56. The van der Waals surface area contributed by atoms with E-state index >= 15 is 0 Å². The normalized spacial score (nSPS) is 10.7. The van der Waals surface area contributed by atoms with Gasteiger partial charge in [0.1, 0.15) is 5.69 Å². The van der Waals surface area contributed by atoms with Crippen molar-refractivity contribution >= 4 is 5.78 Å². The number of hydrogen-bond donors (Lipinski definition) is 0. The Morgan fingerprint density at radius 3 is 2.08 bits per heavy atom. The molecule has 4 heteroatoms. The van der Waals surface area contributed by atoms with Gasteiger partial charge in [-0.3, -0.25) is 4.79 Å². The third kappa shape index (κ3) is 2.54. The zero-order valence-corrected chi connectivity index (χ0v) is 12.7. The Morgan fingerprint density at radius 1 is 0.792 bits per heavy atom. The number of hydrogen-bond acceptors (Lipinski definition) is 4. The number of furan rings is 1. The van der Waals surface area contributed by atoms with Gasteiger partial charge in [0.2, 0.25) is 0 Å². The highest BCUT2D eigenvalue weighted by Crippen LogP contribution is 2.33. The van der Waals surface area contributed by atoms with Gasteiger partial charge >= 0.3 is 0 Å². The summed E-state index contributed by atoms with van der Waals surface area (Å²) in [6.45, 7) is 0. The number of nitrogens with zero attached hydrogens (tertiary/aromatic N) is 1. The number of ketones is 1. The third-order valence-electron chi connectivity index (χ3n) is 3.65. The minimum Gasteiger partial charge on any atom is -0.461 e. The minimum absolute atomic E-state index is 0.0163. The van der Waals surface area contributed by atoms with Crippen LogP contribution in [0.2, 0.25) is 0 Å². The van der Waals surface area contributed by atoms with Crippen LogP contribution in [0.5, 0.6) is 0 Å². The second-order valence-electron chi connectivity index (χ2n) is 5.24. The lowest BCUT2D eigenvalue weighted by Gasteiger charge is -2.00. The molecular formula is C20H13NO3. The van der Waals surface area contributed by atoms with Crippen LogP contribution in [-0.4, -0.2) is 10.8 Å². The zero-order chi connectivity index (χ0) is 16.4. The SMILES string of the molecule is O=C(c1ccco1)c1nc(-c2ccccc2)c(-c2ccccc2)o1. The number of carbonyl (C=O) groups is 1. The van der Waals surface area contributed by atoms with Gasteiger partial charge in [0, 0.05) is 11.1 Å². The molecule has 0 aliphatic heterocycles. The van der Waals surface area contributed by atoms with Gasteiger partial charge < -0.3 is 8.83 Å². The molecule has 0 saturated heterocycles. The summed E-state index contributed by atoms with van der Waals surface area (Å²) in [5.41, 5.74) is 2.39. The molecule has 2 heterocycles. The van der Waals surface area contributed by atoms with Crippen molar-refractivity contribution in [3.8, 4) is 22.6 Å². The van der Waals surface area contributed by atoms with Crippen LogP contribution in [0.3, 0.4) is 0 Å². The molecule has 4 nitrogen and oxygen atoms in total. The van der Waals surface area contributed by atoms with Gasteiger partial charge in [-0.25, -0.2) is 4.98 Å². The molecule has 0 radical (unpaired) electrons. The summed E-state index contributed by atoms with van der Waals surface area (Å²) in [6.07, 6.45) is 1.45. The number of benzene rings is 2. The smallest absolute Gasteiger partial charge is 0.283 e. The predicted molar refractivity (Wildman–Crippen MR) is 89.5 cm³/mol. The van der Waals surface area contributed by atoms with Crippen LogP contribution in [0.15, 0.2) is 87.9 Å². The summed E-state index contributed by atoms with van der Waals surface area (Å²) < 4.78 is 11.0.